The predicted molar refractivity (Wildman–Crippen MR) is 142 cm³/mol. The van der Waals surface area contributed by atoms with Gasteiger partial charge in [0.25, 0.3) is 11.8 Å². The molecule has 0 atom stereocenters. The fraction of sp³-hybridized carbons (Fsp3) is 0.222. The molecule has 35 heavy (non-hydrogen) atoms. The van der Waals surface area contributed by atoms with Gasteiger partial charge >= 0.3 is 0 Å². The third kappa shape index (κ3) is 7.82. The number of amides is 2. The van der Waals surface area contributed by atoms with Crippen LogP contribution in [0, 0.1) is 5.92 Å². The van der Waals surface area contributed by atoms with E-state index >= 15 is 0 Å². The van der Waals surface area contributed by atoms with Crippen LogP contribution in [0.2, 0.25) is 0 Å². The van der Waals surface area contributed by atoms with Gasteiger partial charge in [0.15, 0.2) is 5.11 Å². The molecule has 0 heterocycles. The zero-order valence-electron chi connectivity index (χ0n) is 20.0. The first-order chi connectivity index (χ1) is 16.9. The molecule has 0 spiro atoms. The van der Waals surface area contributed by atoms with Crippen LogP contribution in [0.3, 0.4) is 0 Å². The number of hydrogen-bond acceptors (Lipinski definition) is 5. The topological polar surface area (TPSA) is 88.7 Å². The van der Waals surface area contributed by atoms with E-state index in [2.05, 4.69) is 29.8 Å². The van der Waals surface area contributed by atoms with Crippen LogP contribution in [0.1, 0.15) is 41.5 Å². The molecule has 0 aliphatic heterocycles. The molecule has 3 aromatic carbocycles. The van der Waals surface area contributed by atoms with Crippen molar-refractivity contribution in [3.8, 4) is 11.5 Å². The number of anilines is 2. The van der Waals surface area contributed by atoms with Gasteiger partial charge in [0, 0.05) is 11.3 Å². The molecule has 0 aromatic heterocycles. The minimum atomic E-state index is -0.381. The molecule has 2 amide bonds. The van der Waals surface area contributed by atoms with E-state index < -0.39 is 0 Å². The summed E-state index contributed by atoms with van der Waals surface area (Å²) in [6.45, 7) is 7.14. The zero-order chi connectivity index (χ0) is 25.2. The first-order valence-electron chi connectivity index (χ1n) is 11.3. The zero-order valence-corrected chi connectivity index (χ0v) is 20.8. The highest BCUT2D eigenvalue weighted by molar-refractivity contribution is 7.80. The summed E-state index contributed by atoms with van der Waals surface area (Å²) in [5.41, 5.74) is 1.89. The van der Waals surface area contributed by atoms with Crippen molar-refractivity contribution in [1.29, 1.82) is 0 Å². The van der Waals surface area contributed by atoms with Gasteiger partial charge in [0.05, 0.1) is 24.5 Å². The van der Waals surface area contributed by atoms with Crippen LogP contribution in [0.25, 0.3) is 0 Å². The molecular weight excluding hydrogens is 462 g/mol. The number of para-hydroxylation sites is 1. The molecule has 3 rings (SSSR count). The summed E-state index contributed by atoms with van der Waals surface area (Å²) in [5, 5.41) is 8.53. The molecule has 182 valence electrons. The van der Waals surface area contributed by atoms with E-state index in [1.54, 1.807) is 72.8 Å². The average Bonchev–Trinajstić information content (AvgIpc) is 2.84. The largest absolute Gasteiger partial charge is 0.494 e. The molecule has 8 heteroatoms. The lowest BCUT2D eigenvalue weighted by Gasteiger charge is -2.14. The molecule has 7 nitrogen and oxygen atoms in total. The number of benzene rings is 3. The number of hydrogen-bond donors (Lipinski definition) is 3. The summed E-state index contributed by atoms with van der Waals surface area (Å²) in [6.07, 6.45) is 0. The van der Waals surface area contributed by atoms with Crippen LogP contribution in [0.5, 0.6) is 11.5 Å². The molecule has 0 aliphatic rings. The lowest BCUT2D eigenvalue weighted by atomic mass is 10.1. The van der Waals surface area contributed by atoms with Crippen molar-refractivity contribution in [2.24, 2.45) is 5.92 Å². The van der Waals surface area contributed by atoms with Crippen molar-refractivity contribution in [3.63, 3.8) is 0 Å². The summed E-state index contributed by atoms with van der Waals surface area (Å²) in [5.74, 6) is 1.01. The molecule has 0 fully saturated rings. The van der Waals surface area contributed by atoms with Crippen molar-refractivity contribution in [2.75, 3.05) is 23.8 Å². The first kappa shape index (κ1) is 25.7. The Labute approximate surface area is 210 Å². The highest BCUT2D eigenvalue weighted by atomic mass is 32.1. The molecule has 3 N–H and O–H groups in total. The number of thiocarbonyl (C=S) groups is 1. The second kappa shape index (κ2) is 12.5. The van der Waals surface area contributed by atoms with Crippen molar-refractivity contribution in [2.45, 2.75) is 20.8 Å². The summed E-state index contributed by atoms with van der Waals surface area (Å²) in [7, 11) is 0. The molecular formula is C27H29N3O4S. The first-order valence-corrected chi connectivity index (χ1v) is 11.7. The minimum Gasteiger partial charge on any atom is -0.494 e. The third-order valence-electron chi connectivity index (χ3n) is 4.75. The Balaban J connectivity index is 1.63. The van der Waals surface area contributed by atoms with E-state index in [4.69, 9.17) is 21.7 Å². The standard InChI is InChI=1S/C27H29N3O4S/c1-4-33-21-14-12-20(13-15-21)28-26(32)23-10-5-6-11-24(23)29-27(35)30-25(31)19-8-7-9-22(16-19)34-17-18(2)3/h5-16,18H,4,17H2,1-3H3,(H,28,32)(H2,29,30,31,35). The van der Waals surface area contributed by atoms with Crippen molar-refractivity contribution in [3.05, 3.63) is 83.9 Å². The normalized spacial score (nSPS) is 10.4. The molecule has 3 aromatic rings. The number of ether oxygens (including phenoxy) is 2. The summed E-state index contributed by atoms with van der Waals surface area (Å²) < 4.78 is 11.1. The van der Waals surface area contributed by atoms with Gasteiger partial charge in [-0.15, -0.1) is 0 Å². The maximum Gasteiger partial charge on any atom is 0.257 e. The molecule has 0 saturated heterocycles. The second-order valence-corrected chi connectivity index (χ2v) is 8.51. The highest BCUT2D eigenvalue weighted by Crippen LogP contribution is 2.20. The number of rotatable bonds is 9. The van der Waals surface area contributed by atoms with E-state index in [-0.39, 0.29) is 16.9 Å². The Morgan fingerprint density at radius 2 is 1.60 bits per heavy atom. The smallest absolute Gasteiger partial charge is 0.257 e. The van der Waals surface area contributed by atoms with Crippen LogP contribution in [0.15, 0.2) is 72.8 Å². The fourth-order valence-electron chi connectivity index (χ4n) is 3.11. The summed E-state index contributed by atoms with van der Waals surface area (Å²) >= 11 is 5.33. The Morgan fingerprint density at radius 3 is 2.31 bits per heavy atom. The van der Waals surface area contributed by atoms with Crippen molar-refractivity contribution < 1.29 is 19.1 Å². The summed E-state index contributed by atoms with van der Waals surface area (Å²) in [4.78, 5) is 25.6. The minimum absolute atomic E-state index is 0.0739. The van der Waals surface area contributed by atoms with Gasteiger partial charge in [-0.25, -0.2) is 0 Å². The van der Waals surface area contributed by atoms with E-state index in [0.29, 0.717) is 47.4 Å². The van der Waals surface area contributed by atoms with Gasteiger partial charge in [-0.1, -0.05) is 32.0 Å². The quantitative estimate of drug-likeness (QED) is 0.343. The van der Waals surface area contributed by atoms with Crippen LogP contribution in [-0.4, -0.2) is 30.1 Å². The van der Waals surface area contributed by atoms with Crippen molar-refractivity contribution in [1.82, 2.24) is 5.32 Å². The molecule has 0 radical (unpaired) electrons. The highest BCUT2D eigenvalue weighted by Gasteiger charge is 2.14. The molecule has 0 saturated carbocycles. The number of carbonyl (C=O) groups is 2. The van der Waals surface area contributed by atoms with E-state index in [9.17, 15) is 9.59 Å². The van der Waals surface area contributed by atoms with E-state index in [1.807, 2.05) is 6.92 Å². The Morgan fingerprint density at radius 1 is 0.857 bits per heavy atom. The maximum atomic E-state index is 12.9. The van der Waals surface area contributed by atoms with Gasteiger partial charge < -0.3 is 20.1 Å². The second-order valence-electron chi connectivity index (χ2n) is 8.10. The van der Waals surface area contributed by atoms with E-state index in [0.717, 1.165) is 5.75 Å². The van der Waals surface area contributed by atoms with Crippen molar-refractivity contribution >= 4 is 40.5 Å². The van der Waals surface area contributed by atoms with Gasteiger partial charge in [-0.2, -0.15) is 0 Å². The predicted octanol–water partition coefficient (Wildman–Crippen LogP) is 5.50. The SMILES string of the molecule is CCOc1ccc(NC(=O)c2ccccc2NC(=S)NC(=O)c2cccc(OCC(C)C)c2)cc1. The molecule has 0 bridgehead atoms. The number of nitrogens with one attached hydrogen (secondary N) is 3. The third-order valence-corrected chi connectivity index (χ3v) is 4.95. The Bertz CT molecular complexity index is 1180. The Hall–Kier alpha value is -3.91. The average molecular weight is 492 g/mol. The maximum absolute atomic E-state index is 12.9. The van der Waals surface area contributed by atoms with Crippen LogP contribution in [-0.2, 0) is 0 Å². The van der Waals surface area contributed by atoms with Gasteiger partial charge in [-0.05, 0) is 79.7 Å². The lowest BCUT2D eigenvalue weighted by molar-refractivity contribution is 0.0976. The monoisotopic (exact) mass is 491 g/mol. The van der Waals surface area contributed by atoms with Crippen LogP contribution >= 0.6 is 12.2 Å². The van der Waals surface area contributed by atoms with Gasteiger partial charge in [-0.3, -0.25) is 14.9 Å². The summed E-state index contributed by atoms with van der Waals surface area (Å²) in [6, 6.07) is 20.9. The fourth-order valence-corrected chi connectivity index (χ4v) is 3.31. The van der Waals surface area contributed by atoms with Crippen LogP contribution < -0.4 is 25.4 Å². The van der Waals surface area contributed by atoms with Gasteiger partial charge in [0.1, 0.15) is 11.5 Å². The lowest BCUT2D eigenvalue weighted by Crippen LogP contribution is -2.34. The van der Waals surface area contributed by atoms with E-state index in [1.165, 1.54) is 0 Å². The van der Waals surface area contributed by atoms with Gasteiger partial charge in [0.2, 0.25) is 0 Å². The molecule has 0 unspecified atom stereocenters. The molecule has 0 aliphatic carbocycles. The Kier molecular flexibility index (Phi) is 9.20. The van der Waals surface area contributed by atoms with Crippen LogP contribution in [0.4, 0.5) is 11.4 Å². The number of carbonyl (C=O) groups excluding carboxylic acids is 2.